The summed E-state index contributed by atoms with van der Waals surface area (Å²) in [7, 11) is 0. The van der Waals surface area contributed by atoms with Gasteiger partial charge >= 0.3 is 0 Å². The predicted octanol–water partition coefficient (Wildman–Crippen LogP) is 1.58. The van der Waals surface area contributed by atoms with Crippen molar-refractivity contribution in [3.05, 3.63) is 0 Å². The molecule has 1 N–H and O–H groups in total. The second kappa shape index (κ2) is 4.12. The molecule has 84 valence electrons. The highest BCUT2D eigenvalue weighted by molar-refractivity contribution is 5.80. The molecule has 1 saturated carbocycles. The SMILES string of the molecule is C1CCC(C2CN=C(C3CCNC3)O2)C1. The van der Waals surface area contributed by atoms with Crippen molar-refractivity contribution in [3.63, 3.8) is 0 Å². The Labute approximate surface area is 91.3 Å². The number of nitrogens with one attached hydrogen (secondary N) is 1. The Balaban J connectivity index is 1.56. The van der Waals surface area contributed by atoms with Crippen molar-refractivity contribution < 1.29 is 4.74 Å². The maximum absolute atomic E-state index is 6.04. The Morgan fingerprint density at radius 3 is 2.80 bits per heavy atom. The van der Waals surface area contributed by atoms with Gasteiger partial charge in [0.15, 0.2) is 5.90 Å². The standard InChI is InChI=1S/C12H20N2O/c1-2-4-9(3-1)11-8-14-12(15-11)10-5-6-13-7-10/h9-11,13H,1-8H2. The quantitative estimate of drug-likeness (QED) is 0.747. The van der Waals surface area contributed by atoms with Gasteiger partial charge in [0.2, 0.25) is 0 Å². The zero-order chi connectivity index (χ0) is 10.1. The zero-order valence-electron chi connectivity index (χ0n) is 9.24. The maximum Gasteiger partial charge on any atom is 0.188 e. The first-order valence-electron chi connectivity index (χ1n) is 6.35. The molecule has 0 aromatic heterocycles. The maximum atomic E-state index is 6.04. The van der Waals surface area contributed by atoms with Crippen molar-refractivity contribution in [1.29, 1.82) is 0 Å². The van der Waals surface area contributed by atoms with Crippen molar-refractivity contribution in [2.75, 3.05) is 19.6 Å². The van der Waals surface area contributed by atoms with Crippen LogP contribution in [0.4, 0.5) is 0 Å². The van der Waals surface area contributed by atoms with Gasteiger partial charge in [-0.25, -0.2) is 0 Å². The molecule has 3 nitrogen and oxygen atoms in total. The van der Waals surface area contributed by atoms with Crippen LogP contribution in [0, 0.1) is 11.8 Å². The van der Waals surface area contributed by atoms with Crippen molar-refractivity contribution in [3.8, 4) is 0 Å². The molecular weight excluding hydrogens is 188 g/mol. The van der Waals surface area contributed by atoms with E-state index in [9.17, 15) is 0 Å². The van der Waals surface area contributed by atoms with E-state index in [-0.39, 0.29) is 0 Å². The number of hydrogen-bond acceptors (Lipinski definition) is 3. The summed E-state index contributed by atoms with van der Waals surface area (Å²) in [5.41, 5.74) is 0. The van der Waals surface area contributed by atoms with Crippen molar-refractivity contribution in [1.82, 2.24) is 5.32 Å². The van der Waals surface area contributed by atoms with Gasteiger partial charge in [-0.3, -0.25) is 4.99 Å². The monoisotopic (exact) mass is 208 g/mol. The molecule has 2 heterocycles. The van der Waals surface area contributed by atoms with Gasteiger partial charge in [-0.15, -0.1) is 0 Å². The normalized spacial score (nSPS) is 36.9. The minimum absolute atomic E-state index is 0.420. The van der Waals surface area contributed by atoms with Gasteiger partial charge < -0.3 is 10.1 Å². The summed E-state index contributed by atoms with van der Waals surface area (Å²) < 4.78 is 6.04. The number of aliphatic imine (C=N–C) groups is 1. The fourth-order valence-corrected chi connectivity index (χ4v) is 3.07. The van der Waals surface area contributed by atoms with E-state index in [1.165, 1.54) is 32.1 Å². The molecule has 0 bridgehead atoms. The highest BCUT2D eigenvalue weighted by Gasteiger charge is 2.34. The summed E-state index contributed by atoms with van der Waals surface area (Å²) in [6.07, 6.45) is 7.13. The molecule has 0 spiro atoms. The molecule has 1 saturated heterocycles. The second-order valence-electron chi connectivity index (χ2n) is 5.07. The van der Waals surface area contributed by atoms with Crippen LogP contribution in [0.15, 0.2) is 4.99 Å². The topological polar surface area (TPSA) is 33.6 Å². The molecule has 15 heavy (non-hydrogen) atoms. The first kappa shape index (κ1) is 9.64. The molecule has 3 rings (SSSR count). The third kappa shape index (κ3) is 1.89. The van der Waals surface area contributed by atoms with E-state index in [2.05, 4.69) is 10.3 Å². The molecular formula is C12H20N2O. The third-order valence-electron chi connectivity index (χ3n) is 4.03. The Kier molecular flexibility index (Phi) is 2.65. The Bertz CT molecular complexity index is 252. The number of ether oxygens (including phenoxy) is 1. The van der Waals surface area contributed by atoms with Crippen LogP contribution in [0.2, 0.25) is 0 Å². The fourth-order valence-electron chi connectivity index (χ4n) is 3.07. The zero-order valence-corrected chi connectivity index (χ0v) is 9.24. The average Bonchev–Trinajstić information content (AvgIpc) is 3.02. The van der Waals surface area contributed by atoms with E-state index in [4.69, 9.17) is 4.74 Å². The summed E-state index contributed by atoms with van der Waals surface area (Å²) >= 11 is 0. The van der Waals surface area contributed by atoms with E-state index in [1.54, 1.807) is 0 Å². The minimum Gasteiger partial charge on any atom is -0.475 e. The number of nitrogens with zero attached hydrogens (tertiary/aromatic N) is 1. The lowest BCUT2D eigenvalue weighted by atomic mass is 10.0. The highest BCUT2D eigenvalue weighted by Crippen LogP contribution is 2.32. The Morgan fingerprint density at radius 2 is 2.07 bits per heavy atom. The largest absolute Gasteiger partial charge is 0.475 e. The summed E-state index contributed by atoms with van der Waals surface area (Å²) in [6.45, 7) is 3.12. The molecule has 0 radical (unpaired) electrons. The molecule has 2 aliphatic heterocycles. The van der Waals surface area contributed by atoms with Crippen molar-refractivity contribution in [2.24, 2.45) is 16.8 Å². The molecule has 0 amide bonds. The molecule has 2 atom stereocenters. The van der Waals surface area contributed by atoms with Crippen LogP contribution in [0.25, 0.3) is 0 Å². The highest BCUT2D eigenvalue weighted by atomic mass is 16.5. The van der Waals surface area contributed by atoms with Gasteiger partial charge in [-0.2, -0.15) is 0 Å². The van der Waals surface area contributed by atoms with Crippen LogP contribution < -0.4 is 5.32 Å². The molecule has 2 unspecified atom stereocenters. The molecule has 1 aliphatic carbocycles. The van der Waals surface area contributed by atoms with E-state index in [0.717, 1.165) is 31.4 Å². The van der Waals surface area contributed by atoms with Gasteiger partial charge in [0.25, 0.3) is 0 Å². The van der Waals surface area contributed by atoms with Crippen LogP contribution in [-0.2, 0) is 4.74 Å². The van der Waals surface area contributed by atoms with E-state index in [0.29, 0.717) is 12.0 Å². The predicted molar refractivity (Wildman–Crippen MR) is 60.1 cm³/mol. The van der Waals surface area contributed by atoms with E-state index < -0.39 is 0 Å². The first-order valence-corrected chi connectivity index (χ1v) is 6.35. The van der Waals surface area contributed by atoms with E-state index >= 15 is 0 Å². The lowest BCUT2D eigenvalue weighted by Gasteiger charge is -2.19. The summed E-state index contributed by atoms with van der Waals surface area (Å²) in [6, 6.07) is 0. The summed E-state index contributed by atoms with van der Waals surface area (Å²) in [5.74, 6) is 2.41. The molecule has 3 heteroatoms. The molecule has 2 fully saturated rings. The smallest absolute Gasteiger partial charge is 0.188 e. The molecule has 3 aliphatic rings. The van der Waals surface area contributed by atoms with Gasteiger partial charge in [0.1, 0.15) is 6.10 Å². The molecule has 0 aromatic carbocycles. The Morgan fingerprint density at radius 1 is 1.20 bits per heavy atom. The van der Waals surface area contributed by atoms with Crippen LogP contribution in [0.3, 0.4) is 0 Å². The number of hydrogen-bond donors (Lipinski definition) is 1. The van der Waals surface area contributed by atoms with Crippen LogP contribution >= 0.6 is 0 Å². The Hall–Kier alpha value is -0.570. The van der Waals surface area contributed by atoms with Gasteiger partial charge in [-0.1, -0.05) is 12.8 Å². The summed E-state index contributed by atoms with van der Waals surface area (Å²) in [5, 5.41) is 3.37. The lowest BCUT2D eigenvalue weighted by molar-refractivity contribution is 0.146. The van der Waals surface area contributed by atoms with Gasteiger partial charge in [0, 0.05) is 12.5 Å². The molecule has 0 aromatic rings. The minimum atomic E-state index is 0.420. The first-order chi connectivity index (χ1) is 7.43. The average molecular weight is 208 g/mol. The van der Waals surface area contributed by atoms with Crippen LogP contribution in [-0.4, -0.2) is 31.6 Å². The third-order valence-corrected chi connectivity index (χ3v) is 4.03. The van der Waals surface area contributed by atoms with Gasteiger partial charge in [0.05, 0.1) is 6.54 Å². The summed E-state index contributed by atoms with van der Waals surface area (Å²) in [4.78, 5) is 4.60. The fraction of sp³-hybridized carbons (Fsp3) is 0.917. The lowest BCUT2D eigenvalue weighted by Crippen LogP contribution is -2.25. The number of rotatable bonds is 2. The van der Waals surface area contributed by atoms with E-state index in [1.807, 2.05) is 0 Å². The van der Waals surface area contributed by atoms with Gasteiger partial charge in [-0.05, 0) is 31.7 Å². The second-order valence-corrected chi connectivity index (χ2v) is 5.07. The van der Waals surface area contributed by atoms with Crippen molar-refractivity contribution in [2.45, 2.75) is 38.2 Å². The van der Waals surface area contributed by atoms with Crippen LogP contribution in [0.1, 0.15) is 32.1 Å². The van der Waals surface area contributed by atoms with Crippen molar-refractivity contribution >= 4 is 5.90 Å². The van der Waals surface area contributed by atoms with Crippen LogP contribution in [0.5, 0.6) is 0 Å².